The molecule has 0 unspecified atom stereocenters. The number of carbonyl (C=O) groups excluding carboxylic acids is 1. The van der Waals surface area contributed by atoms with E-state index < -0.39 is 10.0 Å². The number of anilines is 1. The van der Waals surface area contributed by atoms with E-state index in [1.54, 1.807) is 19.2 Å². The highest BCUT2D eigenvalue weighted by atomic mass is 32.2. The van der Waals surface area contributed by atoms with Gasteiger partial charge < -0.3 is 15.0 Å². The lowest BCUT2D eigenvalue weighted by Crippen LogP contribution is -2.50. The number of nitrogens with zero attached hydrogens (tertiary/aromatic N) is 2. The Balaban J connectivity index is 1.50. The molecule has 3 rings (SSSR count). The molecule has 2 aromatic carbocycles. The minimum Gasteiger partial charge on any atom is -0.497 e. The minimum atomic E-state index is -3.43. The summed E-state index contributed by atoms with van der Waals surface area (Å²) in [5, 5.41) is 2.73. The molecule has 0 saturated carbocycles. The van der Waals surface area contributed by atoms with Crippen molar-refractivity contribution >= 4 is 33.4 Å². The molecule has 1 fully saturated rings. The Morgan fingerprint density at radius 3 is 2.37 bits per heavy atom. The van der Waals surface area contributed by atoms with Crippen LogP contribution in [0.4, 0.5) is 5.69 Å². The highest BCUT2D eigenvalue weighted by Gasteiger charge is 2.27. The van der Waals surface area contributed by atoms with E-state index in [-0.39, 0.29) is 18.2 Å². The number of piperazine rings is 1. The topological polar surface area (TPSA) is 79.0 Å². The Morgan fingerprint density at radius 2 is 1.73 bits per heavy atom. The first-order valence-corrected chi connectivity index (χ1v) is 12.6. The third kappa shape index (κ3) is 5.47. The van der Waals surface area contributed by atoms with Crippen LogP contribution in [-0.4, -0.2) is 70.5 Å². The number of hydrogen-bond acceptors (Lipinski definition) is 6. The van der Waals surface area contributed by atoms with E-state index in [1.807, 2.05) is 42.7 Å². The van der Waals surface area contributed by atoms with Gasteiger partial charge in [-0.15, -0.1) is 11.8 Å². The fourth-order valence-corrected chi connectivity index (χ4v) is 5.30. The van der Waals surface area contributed by atoms with Crippen LogP contribution in [0.1, 0.15) is 10.4 Å². The highest BCUT2D eigenvalue weighted by Crippen LogP contribution is 2.22. The number of thioether (sulfide) groups is 1. The number of carbonyl (C=O) groups is 1. The van der Waals surface area contributed by atoms with Gasteiger partial charge in [-0.05, 0) is 42.7 Å². The first kappa shape index (κ1) is 22.5. The van der Waals surface area contributed by atoms with Gasteiger partial charge >= 0.3 is 0 Å². The highest BCUT2D eigenvalue weighted by molar-refractivity contribution is 7.98. The molecule has 0 aromatic heterocycles. The van der Waals surface area contributed by atoms with Gasteiger partial charge in [0.1, 0.15) is 5.75 Å². The average molecular weight is 450 g/mol. The fourth-order valence-electron chi connectivity index (χ4n) is 3.37. The van der Waals surface area contributed by atoms with E-state index in [0.29, 0.717) is 31.7 Å². The van der Waals surface area contributed by atoms with Crippen molar-refractivity contribution in [2.24, 2.45) is 0 Å². The molecule has 0 spiro atoms. The SMILES string of the molecule is COc1ccc(N2CCN(S(=O)(=O)CCNC(=O)c3ccccc3SC)CC2)cc1. The molecule has 30 heavy (non-hydrogen) atoms. The van der Waals surface area contributed by atoms with Crippen LogP contribution in [0.15, 0.2) is 53.4 Å². The lowest BCUT2D eigenvalue weighted by Gasteiger charge is -2.35. The summed E-state index contributed by atoms with van der Waals surface area (Å²) < 4.78 is 32.1. The second-order valence-corrected chi connectivity index (χ2v) is 9.79. The van der Waals surface area contributed by atoms with Crippen molar-refractivity contribution in [2.45, 2.75) is 4.90 Å². The van der Waals surface area contributed by atoms with Gasteiger partial charge in [0.05, 0.1) is 18.4 Å². The zero-order chi connectivity index (χ0) is 21.6. The van der Waals surface area contributed by atoms with Crippen LogP contribution >= 0.6 is 11.8 Å². The van der Waals surface area contributed by atoms with Gasteiger partial charge in [-0.1, -0.05) is 12.1 Å². The number of rotatable bonds is 8. The summed E-state index contributed by atoms with van der Waals surface area (Å²) in [5.74, 6) is 0.435. The summed E-state index contributed by atoms with van der Waals surface area (Å²) in [6, 6.07) is 15.0. The van der Waals surface area contributed by atoms with E-state index in [2.05, 4.69) is 10.2 Å². The smallest absolute Gasteiger partial charge is 0.252 e. The van der Waals surface area contributed by atoms with Gasteiger partial charge in [0.15, 0.2) is 0 Å². The van der Waals surface area contributed by atoms with Crippen LogP contribution in [0, 0.1) is 0 Å². The molecular weight excluding hydrogens is 422 g/mol. The molecule has 2 aromatic rings. The number of methoxy groups -OCH3 is 1. The second-order valence-electron chi connectivity index (χ2n) is 6.86. The van der Waals surface area contributed by atoms with Crippen LogP contribution in [-0.2, 0) is 10.0 Å². The minimum absolute atomic E-state index is 0.0859. The molecule has 1 amide bonds. The predicted octanol–water partition coefficient (Wildman–Crippen LogP) is 2.30. The van der Waals surface area contributed by atoms with Crippen molar-refractivity contribution in [1.82, 2.24) is 9.62 Å². The molecular formula is C21H27N3O4S2. The van der Waals surface area contributed by atoms with Crippen molar-refractivity contribution in [3.8, 4) is 5.75 Å². The third-order valence-electron chi connectivity index (χ3n) is 5.07. The Kier molecular flexibility index (Phi) is 7.63. The molecule has 0 aliphatic carbocycles. The van der Waals surface area contributed by atoms with Crippen LogP contribution < -0.4 is 15.0 Å². The summed E-state index contributed by atoms with van der Waals surface area (Å²) in [4.78, 5) is 15.4. The van der Waals surface area contributed by atoms with Gasteiger partial charge in [-0.25, -0.2) is 8.42 Å². The summed E-state index contributed by atoms with van der Waals surface area (Å²) in [6.45, 7) is 2.19. The van der Waals surface area contributed by atoms with E-state index in [0.717, 1.165) is 16.3 Å². The molecule has 1 heterocycles. The maximum Gasteiger partial charge on any atom is 0.252 e. The summed E-state index contributed by atoms with van der Waals surface area (Å²) >= 11 is 1.49. The van der Waals surface area contributed by atoms with E-state index in [4.69, 9.17) is 4.74 Å². The molecule has 0 bridgehead atoms. The molecule has 162 valence electrons. The molecule has 1 N–H and O–H groups in total. The molecule has 7 nitrogen and oxygen atoms in total. The van der Waals surface area contributed by atoms with Gasteiger partial charge in [0, 0.05) is 43.3 Å². The Morgan fingerprint density at radius 1 is 1.07 bits per heavy atom. The van der Waals surface area contributed by atoms with Gasteiger partial charge in [-0.2, -0.15) is 4.31 Å². The van der Waals surface area contributed by atoms with Crippen molar-refractivity contribution in [3.63, 3.8) is 0 Å². The number of benzene rings is 2. The Labute approximate surface area is 182 Å². The van der Waals surface area contributed by atoms with Crippen LogP contribution in [0.3, 0.4) is 0 Å². The Hall–Kier alpha value is -2.23. The van der Waals surface area contributed by atoms with E-state index in [1.165, 1.54) is 16.1 Å². The molecule has 9 heteroatoms. The number of nitrogens with one attached hydrogen (secondary N) is 1. The zero-order valence-electron chi connectivity index (χ0n) is 17.2. The van der Waals surface area contributed by atoms with Gasteiger partial charge in [0.2, 0.25) is 10.0 Å². The van der Waals surface area contributed by atoms with Crippen LogP contribution in [0.25, 0.3) is 0 Å². The number of sulfonamides is 1. The fraction of sp³-hybridized carbons (Fsp3) is 0.381. The number of hydrogen-bond donors (Lipinski definition) is 1. The zero-order valence-corrected chi connectivity index (χ0v) is 18.8. The normalized spacial score (nSPS) is 15.1. The lowest BCUT2D eigenvalue weighted by atomic mass is 10.2. The molecule has 0 atom stereocenters. The first-order valence-electron chi connectivity index (χ1n) is 9.72. The molecule has 0 radical (unpaired) electrons. The number of amides is 1. The van der Waals surface area contributed by atoms with Gasteiger partial charge in [-0.3, -0.25) is 4.79 Å². The first-order chi connectivity index (χ1) is 14.4. The van der Waals surface area contributed by atoms with Crippen molar-refractivity contribution in [1.29, 1.82) is 0 Å². The van der Waals surface area contributed by atoms with Crippen molar-refractivity contribution < 1.29 is 17.9 Å². The molecule has 1 saturated heterocycles. The van der Waals surface area contributed by atoms with Crippen molar-refractivity contribution in [3.05, 3.63) is 54.1 Å². The Bertz CT molecular complexity index is 956. The summed E-state index contributed by atoms with van der Waals surface area (Å²) in [7, 11) is -1.80. The monoisotopic (exact) mass is 449 g/mol. The largest absolute Gasteiger partial charge is 0.497 e. The maximum atomic E-state index is 12.7. The van der Waals surface area contributed by atoms with E-state index in [9.17, 15) is 13.2 Å². The predicted molar refractivity (Wildman–Crippen MR) is 121 cm³/mol. The molecule has 1 aliphatic rings. The quantitative estimate of drug-likeness (QED) is 0.623. The van der Waals surface area contributed by atoms with Crippen molar-refractivity contribution in [2.75, 3.05) is 56.7 Å². The summed E-state index contributed by atoms with van der Waals surface area (Å²) in [5.41, 5.74) is 1.61. The standard InChI is InChI=1S/C21H27N3O4S2/c1-28-18-9-7-17(8-10-18)23-12-14-24(15-13-23)30(26,27)16-11-22-21(25)19-5-3-4-6-20(19)29-2/h3-10H,11-16H2,1-2H3,(H,22,25). The van der Waals surface area contributed by atoms with Gasteiger partial charge in [0.25, 0.3) is 5.91 Å². The third-order valence-corrected chi connectivity index (χ3v) is 7.73. The second kappa shape index (κ2) is 10.2. The average Bonchev–Trinajstić information content (AvgIpc) is 2.79. The van der Waals surface area contributed by atoms with Crippen LogP contribution in [0.5, 0.6) is 5.75 Å². The van der Waals surface area contributed by atoms with Crippen LogP contribution in [0.2, 0.25) is 0 Å². The summed E-state index contributed by atoms with van der Waals surface area (Å²) in [6.07, 6.45) is 1.90. The van der Waals surface area contributed by atoms with E-state index >= 15 is 0 Å². The number of ether oxygens (including phenoxy) is 1. The maximum absolute atomic E-state index is 12.7. The molecule has 1 aliphatic heterocycles. The lowest BCUT2D eigenvalue weighted by molar-refractivity contribution is 0.0953.